The van der Waals surface area contributed by atoms with Crippen molar-refractivity contribution < 1.29 is 0 Å². The summed E-state index contributed by atoms with van der Waals surface area (Å²) < 4.78 is 3.85. The van der Waals surface area contributed by atoms with E-state index in [1.165, 1.54) is 37.2 Å². The van der Waals surface area contributed by atoms with Gasteiger partial charge in [0.2, 0.25) is 0 Å². The van der Waals surface area contributed by atoms with Gasteiger partial charge in [0.15, 0.2) is 0 Å². The standard InChI is InChI=1S/C10H17N3S/c1-8-2-4-9(5-3-8)11-6-10-7-14-13-12-10/h7-9,11H,2-6H2,1H3. The molecule has 1 heterocycles. The van der Waals surface area contributed by atoms with Crippen molar-refractivity contribution in [2.24, 2.45) is 5.92 Å². The summed E-state index contributed by atoms with van der Waals surface area (Å²) in [6.07, 6.45) is 5.37. The average Bonchev–Trinajstić information content (AvgIpc) is 2.70. The minimum Gasteiger partial charge on any atom is -0.308 e. The number of nitrogens with one attached hydrogen (secondary N) is 1. The van der Waals surface area contributed by atoms with Gasteiger partial charge < -0.3 is 5.32 Å². The van der Waals surface area contributed by atoms with Gasteiger partial charge in [-0.15, -0.1) is 5.10 Å². The molecule has 1 saturated carbocycles. The lowest BCUT2D eigenvalue weighted by Crippen LogP contribution is -2.32. The van der Waals surface area contributed by atoms with Crippen molar-refractivity contribution in [2.45, 2.75) is 45.2 Å². The van der Waals surface area contributed by atoms with Crippen LogP contribution in [0.3, 0.4) is 0 Å². The summed E-state index contributed by atoms with van der Waals surface area (Å²) >= 11 is 1.43. The Bertz CT molecular complexity index is 252. The number of hydrogen-bond donors (Lipinski definition) is 1. The molecule has 4 heteroatoms. The highest BCUT2D eigenvalue weighted by Crippen LogP contribution is 2.23. The Hall–Kier alpha value is -0.480. The van der Waals surface area contributed by atoms with Crippen LogP contribution >= 0.6 is 11.5 Å². The minimum absolute atomic E-state index is 0.702. The highest BCUT2D eigenvalue weighted by Gasteiger charge is 2.17. The Kier molecular flexibility index (Phi) is 3.48. The number of hydrogen-bond acceptors (Lipinski definition) is 4. The van der Waals surface area contributed by atoms with Crippen LogP contribution in [0, 0.1) is 5.92 Å². The number of rotatable bonds is 3. The van der Waals surface area contributed by atoms with Crippen molar-refractivity contribution in [3.05, 3.63) is 11.1 Å². The molecule has 1 aliphatic carbocycles. The lowest BCUT2D eigenvalue weighted by atomic mass is 9.87. The van der Waals surface area contributed by atoms with E-state index >= 15 is 0 Å². The lowest BCUT2D eigenvalue weighted by Gasteiger charge is -2.26. The van der Waals surface area contributed by atoms with Crippen LogP contribution in [0.5, 0.6) is 0 Å². The summed E-state index contributed by atoms with van der Waals surface area (Å²) in [7, 11) is 0. The molecule has 0 unspecified atom stereocenters. The zero-order chi connectivity index (χ0) is 9.80. The van der Waals surface area contributed by atoms with Crippen molar-refractivity contribution in [2.75, 3.05) is 0 Å². The molecule has 2 rings (SSSR count). The molecule has 0 atom stereocenters. The Balaban J connectivity index is 1.71. The second-order valence-corrected chi connectivity index (χ2v) is 4.84. The predicted molar refractivity (Wildman–Crippen MR) is 58.2 cm³/mol. The van der Waals surface area contributed by atoms with Crippen LogP contribution in [0.1, 0.15) is 38.3 Å². The molecule has 14 heavy (non-hydrogen) atoms. The molecule has 0 amide bonds. The van der Waals surface area contributed by atoms with Crippen LogP contribution in [0.15, 0.2) is 5.38 Å². The first-order valence-corrected chi connectivity index (χ1v) is 6.17. The van der Waals surface area contributed by atoms with Crippen molar-refractivity contribution in [1.29, 1.82) is 0 Å². The van der Waals surface area contributed by atoms with Gasteiger partial charge in [0.05, 0.1) is 5.69 Å². The summed E-state index contributed by atoms with van der Waals surface area (Å²) in [5, 5.41) is 9.58. The third kappa shape index (κ3) is 2.75. The van der Waals surface area contributed by atoms with Gasteiger partial charge >= 0.3 is 0 Å². The van der Waals surface area contributed by atoms with Crippen LogP contribution in [-0.4, -0.2) is 15.6 Å². The summed E-state index contributed by atoms with van der Waals surface area (Å²) in [6, 6.07) is 0.702. The van der Waals surface area contributed by atoms with Crippen molar-refractivity contribution in [3.63, 3.8) is 0 Å². The first kappa shape index (κ1) is 10.1. The SMILES string of the molecule is CC1CCC(NCc2csnn2)CC1. The average molecular weight is 211 g/mol. The highest BCUT2D eigenvalue weighted by atomic mass is 32.1. The summed E-state index contributed by atoms with van der Waals surface area (Å²) in [4.78, 5) is 0. The predicted octanol–water partition coefficient (Wildman–Crippen LogP) is 2.21. The van der Waals surface area contributed by atoms with Gasteiger partial charge in [-0.05, 0) is 43.1 Å². The second-order valence-electron chi connectivity index (χ2n) is 4.23. The van der Waals surface area contributed by atoms with Crippen LogP contribution in [0.4, 0.5) is 0 Å². The van der Waals surface area contributed by atoms with Crippen LogP contribution in [-0.2, 0) is 6.54 Å². The zero-order valence-electron chi connectivity index (χ0n) is 8.57. The van der Waals surface area contributed by atoms with E-state index in [4.69, 9.17) is 0 Å². The third-order valence-electron chi connectivity index (χ3n) is 2.99. The fourth-order valence-corrected chi connectivity index (χ4v) is 2.43. The van der Waals surface area contributed by atoms with Crippen LogP contribution in [0.2, 0.25) is 0 Å². The van der Waals surface area contributed by atoms with E-state index in [-0.39, 0.29) is 0 Å². The van der Waals surface area contributed by atoms with Gasteiger partial charge in [-0.2, -0.15) is 0 Å². The van der Waals surface area contributed by atoms with E-state index < -0.39 is 0 Å². The molecule has 0 aliphatic heterocycles. The van der Waals surface area contributed by atoms with E-state index in [9.17, 15) is 0 Å². The van der Waals surface area contributed by atoms with Crippen molar-refractivity contribution >= 4 is 11.5 Å². The molecule has 1 aromatic heterocycles. The molecule has 78 valence electrons. The van der Waals surface area contributed by atoms with E-state index in [0.29, 0.717) is 6.04 Å². The Labute approximate surface area is 89.1 Å². The Morgan fingerprint density at radius 1 is 1.43 bits per heavy atom. The number of nitrogens with zero attached hydrogens (tertiary/aromatic N) is 2. The van der Waals surface area contributed by atoms with E-state index in [1.54, 1.807) is 0 Å². The summed E-state index contributed by atoms with van der Waals surface area (Å²) in [6.45, 7) is 3.23. The Morgan fingerprint density at radius 3 is 2.86 bits per heavy atom. The van der Waals surface area contributed by atoms with E-state index in [2.05, 4.69) is 21.8 Å². The normalized spacial score (nSPS) is 27.8. The second kappa shape index (κ2) is 4.84. The van der Waals surface area contributed by atoms with Gasteiger partial charge in [-0.25, -0.2) is 0 Å². The molecular weight excluding hydrogens is 194 g/mol. The van der Waals surface area contributed by atoms with Crippen LogP contribution < -0.4 is 5.32 Å². The number of aromatic nitrogens is 2. The summed E-state index contributed by atoms with van der Waals surface area (Å²) in [5.41, 5.74) is 1.08. The van der Waals surface area contributed by atoms with Crippen LogP contribution in [0.25, 0.3) is 0 Å². The molecule has 0 saturated heterocycles. The van der Waals surface area contributed by atoms with Crippen molar-refractivity contribution in [3.8, 4) is 0 Å². The lowest BCUT2D eigenvalue weighted by molar-refractivity contribution is 0.306. The van der Waals surface area contributed by atoms with E-state index in [0.717, 1.165) is 18.2 Å². The maximum Gasteiger partial charge on any atom is 0.0893 e. The maximum atomic E-state index is 4.02. The Morgan fingerprint density at radius 2 is 2.21 bits per heavy atom. The zero-order valence-corrected chi connectivity index (χ0v) is 9.39. The highest BCUT2D eigenvalue weighted by molar-refractivity contribution is 7.03. The first-order valence-electron chi connectivity index (χ1n) is 5.34. The molecule has 0 bridgehead atoms. The van der Waals surface area contributed by atoms with Crippen molar-refractivity contribution in [1.82, 2.24) is 14.9 Å². The van der Waals surface area contributed by atoms with Gasteiger partial charge in [-0.3, -0.25) is 0 Å². The fraction of sp³-hybridized carbons (Fsp3) is 0.800. The third-order valence-corrected chi connectivity index (χ3v) is 3.55. The van der Waals surface area contributed by atoms with E-state index in [1.807, 2.05) is 5.38 Å². The quantitative estimate of drug-likeness (QED) is 0.833. The van der Waals surface area contributed by atoms with Gasteiger partial charge in [-0.1, -0.05) is 11.4 Å². The molecule has 1 fully saturated rings. The molecule has 0 aromatic carbocycles. The molecule has 1 aliphatic rings. The van der Waals surface area contributed by atoms with Gasteiger partial charge in [0.25, 0.3) is 0 Å². The smallest absolute Gasteiger partial charge is 0.0893 e. The fourth-order valence-electron chi connectivity index (χ4n) is 1.97. The molecule has 1 N–H and O–H groups in total. The molecule has 3 nitrogen and oxygen atoms in total. The molecule has 0 radical (unpaired) electrons. The van der Waals surface area contributed by atoms with Gasteiger partial charge in [0.1, 0.15) is 0 Å². The molecule has 1 aromatic rings. The monoisotopic (exact) mass is 211 g/mol. The largest absolute Gasteiger partial charge is 0.308 e. The van der Waals surface area contributed by atoms with Gasteiger partial charge in [0, 0.05) is 18.0 Å². The summed E-state index contributed by atoms with van der Waals surface area (Å²) in [5.74, 6) is 0.925. The maximum absolute atomic E-state index is 4.02. The molecular formula is C10H17N3S. The minimum atomic E-state index is 0.702. The first-order chi connectivity index (χ1) is 6.84. The molecule has 0 spiro atoms. The topological polar surface area (TPSA) is 37.8 Å².